The summed E-state index contributed by atoms with van der Waals surface area (Å²) < 4.78 is 47.9. The number of hydrogen-bond acceptors (Lipinski definition) is 6. The third kappa shape index (κ3) is 519. The average Bonchev–Trinajstić information content (AvgIpc) is 1.25. The summed E-state index contributed by atoms with van der Waals surface area (Å²) in [6.45, 7) is 0. The minimum Gasteiger partial charge on any atom is -0.412 e. The van der Waals surface area contributed by atoms with Crippen molar-refractivity contribution >= 4 is 23.1 Å². The molecule has 0 atom stereocenters. The highest BCUT2D eigenvalue weighted by Crippen LogP contribution is 1.38. The van der Waals surface area contributed by atoms with E-state index in [0.29, 0.717) is 0 Å². The monoisotopic (exact) mass is 212 g/mol. The van der Waals surface area contributed by atoms with Gasteiger partial charge < -0.3 is 24.1 Å². The lowest BCUT2D eigenvalue weighted by Crippen LogP contribution is -2.30. The highest BCUT2D eigenvalue weighted by Gasteiger charge is 1.79. The lowest BCUT2D eigenvalue weighted by molar-refractivity contribution is -1.63. The van der Waals surface area contributed by atoms with Crippen molar-refractivity contribution in [2.75, 3.05) is 0 Å². The molecular weight excluding hydrogens is 207 g/mol. The van der Waals surface area contributed by atoms with Gasteiger partial charge in [-0.05, 0) is 0 Å². The van der Waals surface area contributed by atoms with Crippen LogP contribution in [0.5, 0.6) is 0 Å². The molecule has 0 radical (unpaired) electrons. The van der Waals surface area contributed by atoms with Gasteiger partial charge in [0.1, 0.15) is 0 Å². The molecule has 4 N–H and O–H groups in total. The summed E-state index contributed by atoms with van der Waals surface area (Å²) in [5.41, 5.74) is 0. The Balaban J connectivity index is -0.0000000300. The Morgan fingerprint density at radius 1 is 0.800 bits per heavy atom. The van der Waals surface area contributed by atoms with Crippen LogP contribution in [0, 0.1) is 21.6 Å². The maximum atomic E-state index is 8.52. The highest BCUT2D eigenvalue weighted by atomic mass is 35.6. The van der Waals surface area contributed by atoms with E-state index in [1.165, 1.54) is 0 Å². The summed E-state index contributed by atoms with van der Waals surface area (Å²) in [5, 5.41) is 0. The molecule has 64 valence electrons. The van der Waals surface area contributed by atoms with Crippen molar-refractivity contribution < 1.29 is 55.0 Å². The maximum Gasteiger partial charge on any atom is 0.316 e. The molecule has 0 saturated carbocycles. The molecule has 0 saturated heterocycles. The SMILES string of the molecule is O.[MgH2].[O-][Cl+2]([O-])O.[O-][Cl+2]([O-])O. The Morgan fingerprint density at radius 2 is 0.800 bits per heavy atom. The van der Waals surface area contributed by atoms with Gasteiger partial charge in [0.2, 0.25) is 0 Å². The van der Waals surface area contributed by atoms with Crippen molar-refractivity contribution in [3.63, 3.8) is 0 Å². The van der Waals surface area contributed by atoms with Crippen LogP contribution in [0.3, 0.4) is 0 Å². The summed E-state index contributed by atoms with van der Waals surface area (Å²) in [6.07, 6.45) is 0. The van der Waals surface area contributed by atoms with Crippen LogP contribution in [0.4, 0.5) is 0 Å². The fourth-order valence-electron chi connectivity index (χ4n) is 0. The molecule has 0 aromatic carbocycles. The predicted molar refractivity (Wildman–Crippen MR) is 16.6 cm³/mol. The summed E-state index contributed by atoms with van der Waals surface area (Å²) in [5.74, 6) is 0. The first-order chi connectivity index (χ1) is 3.46. The van der Waals surface area contributed by atoms with E-state index >= 15 is 0 Å². The topological polar surface area (TPSA) is 164 Å². The van der Waals surface area contributed by atoms with Crippen molar-refractivity contribution in [2.24, 2.45) is 0 Å². The molecule has 0 aliphatic rings. The van der Waals surface area contributed by atoms with E-state index in [9.17, 15) is 0 Å². The molecule has 10 heavy (non-hydrogen) atoms. The van der Waals surface area contributed by atoms with Gasteiger partial charge in [-0.2, -0.15) is 0 Å². The molecule has 0 unspecified atom stereocenters. The summed E-state index contributed by atoms with van der Waals surface area (Å²) in [6, 6.07) is 0. The minimum absolute atomic E-state index is 0. The Labute approximate surface area is 78.2 Å². The molecule has 0 aromatic rings. The van der Waals surface area contributed by atoms with Gasteiger partial charge in [-0.1, -0.05) is 0 Å². The Hall–Kier alpha value is 1.07. The van der Waals surface area contributed by atoms with Gasteiger partial charge in [0, 0.05) is 9.32 Å². The second-order valence-corrected chi connectivity index (χ2v) is 1.21. The third-order valence-corrected chi connectivity index (χ3v) is 0. The van der Waals surface area contributed by atoms with Crippen LogP contribution in [0.25, 0.3) is 0 Å². The third-order valence-electron chi connectivity index (χ3n) is 0. The minimum atomic E-state index is -2.60. The quantitative estimate of drug-likeness (QED) is 0.379. The summed E-state index contributed by atoms with van der Waals surface area (Å²) in [7, 11) is -5.20. The van der Waals surface area contributed by atoms with Crippen molar-refractivity contribution in [2.45, 2.75) is 0 Å². The van der Waals surface area contributed by atoms with Gasteiger partial charge in [-0.3, -0.25) is 0 Å². The Morgan fingerprint density at radius 3 is 0.800 bits per heavy atom. The second kappa shape index (κ2) is 16.6. The molecule has 0 rings (SSSR count). The van der Waals surface area contributed by atoms with Crippen molar-refractivity contribution in [1.82, 2.24) is 0 Å². The fourth-order valence-corrected chi connectivity index (χ4v) is 0. The molecule has 0 aliphatic carbocycles. The van der Waals surface area contributed by atoms with Crippen molar-refractivity contribution in [3.8, 4) is 0 Å². The van der Waals surface area contributed by atoms with E-state index in [4.69, 9.17) is 28.0 Å². The smallest absolute Gasteiger partial charge is 0.316 e. The van der Waals surface area contributed by atoms with E-state index in [2.05, 4.69) is 0 Å². The van der Waals surface area contributed by atoms with Crippen molar-refractivity contribution in [3.05, 3.63) is 0 Å². The zero-order chi connectivity index (χ0) is 7.15. The molecule has 7 nitrogen and oxygen atoms in total. The van der Waals surface area contributed by atoms with Crippen molar-refractivity contribution in [1.29, 1.82) is 0 Å². The molecule has 10 heteroatoms. The van der Waals surface area contributed by atoms with Crippen LogP contribution in [-0.2, 0) is 0 Å². The highest BCUT2D eigenvalue weighted by molar-refractivity contribution is 5.75. The van der Waals surface area contributed by atoms with Gasteiger partial charge >= 0.3 is 23.1 Å². The largest absolute Gasteiger partial charge is 0.412 e. The number of halogens is 2. The van der Waals surface area contributed by atoms with E-state index < -0.39 is 21.6 Å². The van der Waals surface area contributed by atoms with Gasteiger partial charge in [-0.25, -0.2) is 0 Å². The van der Waals surface area contributed by atoms with Crippen LogP contribution in [0.2, 0.25) is 0 Å². The van der Waals surface area contributed by atoms with Crippen LogP contribution in [0.1, 0.15) is 0 Å². The number of hydrogen-bond donors (Lipinski definition) is 2. The van der Waals surface area contributed by atoms with Crippen LogP contribution in [-0.4, -0.2) is 37.8 Å². The zero-order valence-electron chi connectivity index (χ0n) is 3.78. The zero-order valence-corrected chi connectivity index (χ0v) is 5.30. The van der Waals surface area contributed by atoms with E-state index in [0.717, 1.165) is 0 Å². The predicted octanol–water partition coefficient (Wildman–Crippen LogP) is -7.61. The normalized spacial score (nSPS) is 7.20. The van der Waals surface area contributed by atoms with E-state index in [1.54, 1.807) is 0 Å². The number of rotatable bonds is 0. The van der Waals surface area contributed by atoms with Crippen LogP contribution < -0.4 is 18.6 Å². The lowest BCUT2D eigenvalue weighted by Gasteiger charge is -1.72. The molecule has 0 bridgehead atoms. The second-order valence-electron chi connectivity index (χ2n) is 0.402. The first-order valence-corrected chi connectivity index (χ1v) is 2.87. The van der Waals surface area contributed by atoms with Gasteiger partial charge in [0.05, 0.1) is 0 Å². The fraction of sp³-hybridized carbons (Fsp3) is 0. The molecule has 0 heterocycles. The van der Waals surface area contributed by atoms with E-state index in [1.807, 2.05) is 0 Å². The maximum absolute atomic E-state index is 8.52. The first-order valence-electron chi connectivity index (χ1n) is 0.955. The van der Waals surface area contributed by atoms with Gasteiger partial charge in [0.15, 0.2) is 0 Å². The Bertz CT molecular complexity index is 27.1. The van der Waals surface area contributed by atoms with Gasteiger partial charge in [-0.15, -0.1) is 0 Å². The molecular formula is H6Cl2MgO7. The van der Waals surface area contributed by atoms with E-state index in [-0.39, 0.29) is 28.5 Å². The molecule has 0 amide bonds. The summed E-state index contributed by atoms with van der Waals surface area (Å²) in [4.78, 5) is 0. The van der Waals surface area contributed by atoms with Gasteiger partial charge in [0.25, 0.3) is 21.6 Å². The Kier molecular flexibility index (Phi) is 37.2. The molecule has 0 fully saturated rings. The molecule has 0 aliphatic heterocycles. The molecule has 0 aromatic heterocycles. The first kappa shape index (κ1) is 22.5. The molecule has 0 spiro atoms. The van der Waals surface area contributed by atoms with Crippen LogP contribution >= 0.6 is 0 Å². The average molecular weight is 213 g/mol. The summed E-state index contributed by atoms with van der Waals surface area (Å²) >= 11 is 0. The standard InChI is InChI=1S/2ClHO3.Mg.H2O.2H/c2*2-1(3)4;;;;/h2*2H;;1H2;;. The van der Waals surface area contributed by atoms with Crippen LogP contribution in [0.15, 0.2) is 0 Å². The lowest BCUT2D eigenvalue weighted by atomic mass is 15.8.